The number of methoxy groups -OCH3 is 1. The monoisotopic (exact) mass is 185 g/mol. The van der Waals surface area contributed by atoms with E-state index in [0.29, 0.717) is 5.88 Å². The Balaban J connectivity index is 2.90. The SMILES string of the molecule is CCSc1cc(OC)nc(N)n1. The van der Waals surface area contributed by atoms with Crippen molar-refractivity contribution >= 4 is 17.7 Å². The molecule has 1 heterocycles. The van der Waals surface area contributed by atoms with Crippen molar-refractivity contribution < 1.29 is 4.74 Å². The molecule has 0 unspecified atom stereocenters. The standard InChI is InChI=1S/C7H11N3OS/c1-3-12-6-4-5(11-2)9-7(8)10-6/h4H,3H2,1-2H3,(H2,8,9,10). The summed E-state index contributed by atoms with van der Waals surface area (Å²) in [6.45, 7) is 2.05. The Hall–Kier alpha value is -0.970. The molecule has 0 amide bonds. The number of nitrogens with zero attached hydrogens (tertiary/aromatic N) is 2. The number of thioether (sulfide) groups is 1. The van der Waals surface area contributed by atoms with Gasteiger partial charge in [-0.15, -0.1) is 11.8 Å². The zero-order chi connectivity index (χ0) is 8.97. The molecule has 0 spiro atoms. The number of rotatable bonds is 3. The van der Waals surface area contributed by atoms with E-state index in [1.165, 1.54) is 0 Å². The summed E-state index contributed by atoms with van der Waals surface area (Å²) in [4.78, 5) is 7.89. The molecule has 0 radical (unpaired) electrons. The molecule has 0 saturated carbocycles. The summed E-state index contributed by atoms with van der Waals surface area (Å²) in [5, 5.41) is 0.849. The molecule has 0 atom stereocenters. The van der Waals surface area contributed by atoms with Crippen molar-refractivity contribution in [1.29, 1.82) is 0 Å². The van der Waals surface area contributed by atoms with Crippen LogP contribution in [0.15, 0.2) is 11.1 Å². The van der Waals surface area contributed by atoms with E-state index in [0.717, 1.165) is 10.8 Å². The van der Waals surface area contributed by atoms with E-state index in [4.69, 9.17) is 10.5 Å². The third kappa shape index (κ3) is 2.27. The topological polar surface area (TPSA) is 61.0 Å². The molecule has 12 heavy (non-hydrogen) atoms. The number of ether oxygens (including phenoxy) is 1. The predicted octanol–water partition coefficient (Wildman–Crippen LogP) is 1.18. The molecule has 0 aliphatic rings. The number of nitrogens with two attached hydrogens (primary N) is 1. The Morgan fingerprint density at radius 2 is 2.33 bits per heavy atom. The summed E-state index contributed by atoms with van der Waals surface area (Å²) in [6.07, 6.45) is 0. The quantitative estimate of drug-likeness (QED) is 0.566. The lowest BCUT2D eigenvalue weighted by molar-refractivity contribution is 0.396. The van der Waals surface area contributed by atoms with Gasteiger partial charge in [-0.2, -0.15) is 4.98 Å². The van der Waals surface area contributed by atoms with Crippen LogP contribution in [0.5, 0.6) is 5.88 Å². The Kier molecular flexibility index (Phi) is 3.16. The Labute approximate surface area is 75.5 Å². The lowest BCUT2D eigenvalue weighted by Gasteiger charge is -2.02. The van der Waals surface area contributed by atoms with Crippen LogP contribution in [0.3, 0.4) is 0 Å². The summed E-state index contributed by atoms with van der Waals surface area (Å²) < 4.78 is 4.94. The van der Waals surface area contributed by atoms with Crippen molar-refractivity contribution in [3.05, 3.63) is 6.07 Å². The van der Waals surface area contributed by atoms with Gasteiger partial charge in [-0.1, -0.05) is 6.92 Å². The maximum Gasteiger partial charge on any atom is 0.224 e. The van der Waals surface area contributed by atoms with Gasteiger partial charge in [0.05, 0.1) is 7.11 Å². The van der Waals surface area contributed by atoms with Crippen LogP contribution in [0.4, 0.5) is 5.95 Å². The molecule has 66 valence electrons. The van der Waals surface area contributed by atoms with Crippen LogP contribution in [0, 0.1) is 0 Å². The van der Waals surface area contributed by atoms with Crippen LogP contribution in [0.1, 0.15) is 6.92 Å². The van der Waals surface area contributed by atoms with Crippen molar-refractivity contribution in [3.63, 3.8) is 0 Å². The molecule has 1 rings (SSSR count). The van der Waals surface area contributed by atoms with Gasteiger partial charge in [0.25, 0.3) is 0 Å². The van der Waals surface area contributed by atoms with Crippen molar-refractivity contribution in [3.8, 4) is 5.88 Å². The second-order valence-corrected chi connectivity index (χ2v) is 3.32. The molecule has 1 aromatic heterocycles. The highest BCUT2D eigenvalue weighted by Crippen LogP contribution is 2.19. The molecule has 5 heteroatoms. The molecule has 4 nitrogen and oxygen atoms in total. The number of hydrogen-bond donors (Lipinski definition) is 1. The smallest absolute Gasteiger partial charge is 0.224 e. The lowest BCUT2D eigenvalue weighted by Crippen LogP contribution is -1.98. The third-order valence-electron chi connectivity index (χ3n) is 1.20. The minimum Gasteiger partial charge on any atom is -0.481 e. The van der Waals surface area contributed by atoms with Crippen LogP contribution in [-0.2, 0) is 0 Å². The molecule has 0 aliphatic heterocycles. The van der Waals surface area contributed by atoms with E-state index in [9.17, 15) is 0 Å². The van der Waals surface area contributed by atoms with Gasteiger partial charge in [0, 0.05) is 6.07 Å². The molecule has 0 saturated heterocycles. The lowest BCUT2D eigenvalue weighted by atomic mass is 10.6. The molecule has 0 fully saturated rings. The summed E-state index contributed by atoms with van der Waals surface area (Å²) in [6, 6.07) is 1.77. The van der Waals surface area contributed by atoms with Gasteiger partial charge >= 0.3 is 0 Å². The molecule has 1 aromatic rings. The molecule has 0 aromatic carbocycles. The van der Waals surface area contributed by atoms with Gasteiger partial charge < -0.3 is 10.5 Å². The molecule has 0 aliphatic carbocycles. The second kappa shape index (κ2) is 4.15. The van der Waals surface area contributed by atoms with Gasteiger partial charge in [-0.3, -0.25) is 0 Å². The summed E-state index contributed by atoms with van der Waals surface area (Å²) in [5.41, 5.74) is 5.45. The fraction of sp³-hybridized carbons (Fsp3) is 0.429. The maximum atomic E-state index is 5.45. The van der Waals surface area contributed by atoms with Crippen LogP contribution >= 0.6 is 11.8 Å². The van der Waals surface area contributed by atoms with Crippen molar-refractivity contribution in [2.24, 2.45) is 0 Å². The molecular weight excluding hydrogens is 174 g/mol. The molecule has 2 N–H and O–H groups in total. The van der Waals surface area contributed by atoms with Crippen molar-refractivity contribution in [2.75, 3.05) is 18.6 Å². The van der Waals surface area contributed by atoms with Gasteiger partial charge in [0.2, 0.25) is 11.8 Å². The number of aromatic nitrogens is 2. The largest absolute Gasteiger partial charge is 0.481 e. The fourth-order valence-electron chi connectivity index (χ4n) is 0.747. The summed E-state index contributed by atoms with van der Waals surface area (Å²) in [7, 11) is 1.56. The Morgan fingerprint density at radius 1 is 1.58 bits per heavy atom. The second-order valence-electron chi connectivity index (χ2n) is 2.04. The zero-order valence-corrected chi connectivity index (χ0v) is 7.89. The summed E-state index contributed by atoms with van der Waals surface area (Å²) >= 11 is 1.61. The van der Waals surface area contributed by atoms with Crippen LogP contribution in [0.25, 0.3) is 0 Å². The van der Waals surface area contributed by atoms with E-state index >= 15 is 0 Å². The van der Waals surface area contributed by atoms with Crippen LogP contribution in [-0.4, -0.2) is 22.8 Å². The van der Waals surface area contributed by atoms with Crippen LogP contribution in [0.2, 0.25) is 0 Å². The third-order valence-corrected chi connectivity index (χ3v) is 1.99. The Bertz CT molecular complexity index is 267. The number of nitrogen functional groups attached to an aromatic ring is 1. The predicted molar refractivity (Wildman–Crippen MR) is 49.4 cm³/mol. The average Bonchev–Trinajstić information content (AvgIpc) is 2.04. The Morgan fingerprint density at radius 3 is 2.92 bits per heavy atom. The van der Waals surface area contributed by atoms with Crippen LogP contribution < -0.4 is 10.5 Å². The van der Waals surface area contributed by atoms with E-state index in [2.05, 4.69) is 16.9 Å². The van der Waals surface area contributed by atoms with E-state index < -0.39 is 0 Å². The number of anilines is 1. The van der Waals surface area contributed by atoms with E-state index in [-0.39, 0.29) is 5.95 Å². The first-order valence-corrected chi connectivity index (χ1v) is 4.56. The van der Waals surface area contributed by atoms with E-state index in [1.807, 2.05) is 0 Å². The first kappa shape index (κ1) is 9.12. The first-order chi connectivity index (χ1) is 5.76. The highest BCUT2D eigenvalue weighted by atomic mass is 32.2. The van der Waals surface area contributed by atoms with Gasteiger partial charge in [0.15, 0.2) is 0 Å². The highest BCUT2D eigenvalue weighted by molar-refractivity contribution is 7.99. The average molecular weight is 185 g/mol. The van der Waals surface area contributed by atoms with Crippen molar-refractivity contribution in [1.82, 2.24) is 9.97 Å². The maximum absolute atomic E-state index is 5.45. The fourth-order valence-corrected chi connectivity index (χ4v) is 1.39. The molecular formula is C7H11N3OS. The minimum absolute atomic E-state index is 0.255. The number of hydrogen-bond acceptors (Lipinski definition) is 5. The minimum atomic E-state index is 0.255. The normalized spacial score (nSPS) is 9.83. The zero-order valence-electron chi connectivity index (χ0n) is 7.07. The van der Waals surface area contributed by atoms with Gasteiger partial charge in [-0.05, 0) is 5.75 Å². The molecule has 0 bridgehead atoms. The van der Waals surface area contributed by atoms with E-state index in [1.54, 1.807) is 24.9 Å². The van der Waals surface area contributed by atoms with Crippen molar-refractivity contribution in [2.45, 2.75) is 11.9 Å². The summed E-state index contributed by atoms with van der Waals surface area (Å²) in [5.74, 6) is 1.73. The first-order valence-electron chi connectivity index (χ1n) is 3.57. The highest BCUT2D eigenvalue weighted by Gasteiger charge is 2.00. The van der Waals surface area contributed by atoms with Gasteiger partial charge in [0.1, 0.15) is 5.03 Å². The van der Waals surface area contributed by atoms with Gasteiger partial charge in [-0.25, -0.2) is 4.98 Å².